The van der Waals surface area contributed by atoms with E-state index in [0.717, 1.165) is 6.42 Å². The molecule has 0 atom stereocenters. The number of rotatable bonds is 5. The first-order valence-electron chi connectivity index (χ1n) is 4.89. The normalized spacial score (nSPS) is 10.1. The third-order valence-electron chi connectivity index (χ3n) is 2.01. The number of hydrogen-bond donors (Lipinski definition) is 1. The van der Waals surface area contributed by atoms with E-state index < -0.39 is 11.9 Å². The summed E-state index contributed by atoms with van der Waals surface area (Å²) < 4.78 is 5.90. The summed E-state index contributed by atoms with van der Waals surface area (Å²) in [7, 11) is 1.27. The third kappa shape index (κ3) is 2.56. The molecule has 7 nitrogen and oxygen atoms in total. The van der Waals surface area contributed by atoms with Gasteiger partial charge in [0.25, 0.3) is 0 Å². The predicted molar refractivity (Wildman–Crippen MR) is 54.6 cm³/mol. The van der Waals surface area contributed by atoms with Crippen LogP contribution in [0.25, 0.3) is 0 Å². The maximum absolute atomic E-state index is 11.4. The van der Waals surface area contributed by atoms with E-state index in [4.69, 9.17) is 5.73 Å². The van der Waals surface area contributed by atoms with Crippen LogP contribution in [0.1, 0.15) is 29.5 Å². The fourth-order valence-corrected chi connectivity index (χ4v) is 1.35. The van der Waals surface area contributed by atoms with Crippen molar-refractivity contribution in [1.29, 1.82) is 0 Å². The van der Waals surface area contributed by atoms with Gasteiger partial charge >= 0.3 is 5.97 Å². The largest absolute Gasteiger partial charge is 0.464 e. The van der Waals surface area contributed by atoms with Crippen molar-refractivity contribution in [3.05, 3.63) is 11.4 Å². The van der Waals surface area contributed by atoms with Crippen molar-refractivity contribution in [2.24, 2.45) is 5.73 Å². The Bertz CT molecular complexity index is 399. The summed E-state index contributed by atoms with van der Waals surface area (Å²) in [6.45, 7) is 1.86. The van der Waals surface area contributed by atoms with Crippen LogP contribution in [-0.4, -0.2) is 34.0 Å². The molecule has 0 aliphatic carbocycles. The van der Waals surface area contributed by atoms with Gasteiger partial charge in [-0.3, -0.25) is 4.79 Å². The maximum Gasteiger partial charge on any atom is 0.360 e. The number of amides is 1. The van der Waals surface area contributed by atoms with E-state index in [-0.39, 0.29) is 12.2 Å². The van der Waals surface area contributed by atoms with Gasteiger partial charge in [0.2, 0.25) is 5.91 Å². The number of hydrogen-bond acceptors (Lipinski definition) is 5. The summed E-state index contributed by atoms with van der Waals surface area (Å²) in [5.41, 5.74) is 5.78. The van der Waals surface area contributed by atoms with Gasteiger partial charge in [-0.05, 0) is 6.42 Å². The van der Waals surface area contributed by atoms with Gasteiger partial charge in [0.05, 0.1) is 12.8 Å². The maximum atomic E-state index is 11.4. The van der Waals surface area contributed by atoms with Crippen LogP contribution in [0.3, 0.4) is 0 Å². The molecule has 1 amide bonds. The van der Waals surface area contributed by atoms with Crippen molar-refractivity contribution in [2.75, 3.05) is 7.11 Å². The van der Waals surface area contributed by atoms with E-state index in [0.29, 0.717) is 12.1 Å². The topological polar surface area (TPSA) is 100 Å². The van der Waals surface area contributed by atoms with Crippen LogP contribution < -0.4 is 5.73 Å². The van der Waals surface area contributed by atoms with Crippen LogP contribution in [0.15, 0.2) is 0 Å². The molecule has 88 valence electrons. The summed E-state index contributed by atoms with van der Waals surface area (Å²) in [4.78, 5) is 22.1. The minimum absolute atomic E-state index is 0.0840. The van der Waals surface area contributed by atoms with Crippen molar-refractivity contribution >= 4 is 11.9 Å². The van der Waals surface area contributed by atoms with Gasteiger partial charge in [-0.25, -0.2) is 9.48 Å². The average molecular weight is 226 g/mol. The molecule has 2 N–H and O–H groups in total. The molecule has 0 fully saturated rings. The predicted octanol–water partition coefficient (Wildman–Crippen LogP) is -0.497. The molecule has 16 heavy (non-hydrogen) atoms. The minimum Gasteiger partial charge on any atom is -0.464 e. The molecule has 1 heterocycles. The molecular weight excluding hydrogens is 212 g/mol. The smallest absolute Gasteiger partial charge is 0.360 e. The lowest BCUT2D eigenvalue weighted by molar-refractivity contribution is -0.118. The van der Waals surface area contributed by atoms with Crippen molar-refractivity contribution in [2.45, 2.75) is 26.3 Å². The number of aromatic nitrogens is 3. The highest BCUT2D eigenvalue weighted by Gasteiger charge is 2.20. The summed E-state index contributed by atoms with van der Waals surface area (Å²) in [6, 6.07) is 0. The van der Waals surface area contributed by atoms with Gasteiger partial charge in [0, 0.05) is 0 Å². The number of carbonyl (C=O) groups is 2. The van der Waals surface area contributed by atoms with Crippen LogP contribution in [0, 0.1) is 0 Å². The first kappa shape index (κ1) is 12.2. The lowest BCUT2D eigenvalue weighted by Crippen LogP contribution is -2.21. The summed E-state index contributed by atoms with van der Waals surface area (Å²) in [6.07, 6.45) is 1.39. The van der Waals surface area contributed by atoms with Crippen molar-refractivity contribution in [3.8, 4) is 0 Å². The molecule has 0 bridgehead atoms. The van der Waals surface area contributed by atoms with E-state index in [1.165, 1.54) is 11.8 Å². The van der Waals surface area contributed by atoms with Crippen LogP contribution in [-0.2, 0) is 22.5 Å². The summed E-state index contributed by atoms with van der Waals surface area (Å²) in [5, 5.41) is 7.40. The van der Waals surface area contributed by atoms with Crippen molar-refractivity contribution < 1.29 is 14.3 Å². The lowest BCUT2D eigenvalue weighted by Gasteiger charge is -2.03. The molecule has 0 saturated carbocycles. The second kappa shape index (κ2) is 5.24. The first-order valence-corrected chi connectivity index (χ1v) is 4.89. The average Bonchev–Trinajstić information content (AvgIpc) is 2.61. The molecule has 0 spiro atoms. The molecule has 0 saturated heterocycles. The Balaban J connectivity index is 3.05. The molecule has 0 aliphatic heterocycles. The number of methoxy groups -OCH3 is 1. The molecule has 0 radical (unpaired) electrons. The number of carbonyl (C=O) groups excluding carboxylic acids is 2. The molecule has 7 heteroatoms. The fraction of sp³-hybridized carbons (Fsp3) is 0.556. The van der Waals surface area contributed by atoms with Gasteiger partial charge in [-0.1, -0.05) is 18.6 Å². The Hall–Kier alpha value is -1.92. The highest BCUT2D eigenvalue weighted by molar-refractivity contribution is 5.88. The molecule has 0 aromatic carbocycles. The van der Waals surface area contributed by atoms with E-state index in [1.54, 1.807) is 0 Å². The monoisotopic (exact) mass is 226 g/mol. The molecule has 1 aromatic rings. The van der Waals surface area contributed by atoms with Gasteiger partial charge in [-0.15, -0.1) is 5.10 Å². The number of primary amides is 1. The fourth-order valence-electron chi connectivity index (χ4n) is 1.35. The quantitative estimate of drug-likeness (QED) is 0.682. The number of nitrogens with zero attached hydrogens (tertiary/aromatic N) is 3. The number of esters is 1. The molecule has 0 unspecified atom stereocenters. The zero-order valence-corrected chi connectivity index (χ0v) is 9.27. The Morgan fingerprint density at radius 3 is 2.69 bits per heavy atom. The Morgan fingerprint density at radius 2 is 2.19 bits per heavy atom. The van der Waals surface area contributed by atoms with Crippen molar-refractivity contribution in [1.82, 2.24) is 15.0 Å². The molecular formula is C9H14N4O3. The standard InChI is InChI=1S/C9H14N4O3/c1-3-4-6-8(9(15)16-2)11-12-13(6)5-7(10)14/h3-5H2,1-2H3,(H2,10,14). The second-order valence-electron chi connectivity index (χ2n) is 3.25. The van der Waals surface area contributed by atoms with Crippen LogP contribution in [0.2, 0.25) is 0 Å². The minimum atomic E-state index is -0.556. The van der Waals surface area contributed by atoms with Gasteiger partial charge in [0.15, 0.2) is 5.69 Å². The van der Waals surface area contributed by atoms with Crippen LogP contribution >= 0.6 is 0 Å². The highest BCUT2D eigenvalue weighted by Crippen LogP contribution is 2.09. The van der Waals surface area contributed by atoms with Gasteiger partial charge < -0.3 is 10.5 Å². The second-order valence-corrected chi connectivity index (χ2v) is 3.25. The summed E-state index contributed by atoms with van der Waals surface area (Å²) >= 11 is 0. The number of nitrogens with two attached hydrogens (primary N) is 1. The van der Waals surface area contributed by atoms with E-state index in [9.17, 15) is 9.59 Å². The van der Waals surface area contributed by atoms with E-state index in [1.807, 2.05) is 6.92 Å². The Kier molecular flexibility index (Phi) is 3.98. The molecule has 1 rings (SSSR count). The van der Waals surface area contributed by atoms with Gasteiger partial charge in [0.1, 0.15) is 6.54 Å². The van der Waals surface area contributed by atoms with Crippen LogP contribution in [0.4, 0.5) is 0 Å². The zero-order valence-electron chi connectivity index (χ0n) is 9.27. The number of ether oxygens (including phenoxy) is 1. The van der Waals surface area contributed by atoms with E-state index >= 15 is 0 Å². The summed E-state index contributed by atoms with van der Waals surface area (Å²) in [5.74, 6) is -1.09. The Labute approximate surface area is 92.6 Å². The Morgan fingerprint density at radius 1 is 1.50 bits per heavy atom. The SMILES string of the molecule is CCCc1c(C(=O)OC)nnn1CC(N)=O. The first-order chi connectivity index (χ1) is 7.60. The van der Waals surface area contributed by atoms with Crippen molar-refractivity contribution in [3.63, 3.8) is 0 Å². The third-order valence-corrected chi connectivity index (χ3v) is 2.01. The van der Waals surface area contributed by atoms with E-state index in [2.05, 4.69) is 15.0 Å². The highest BCUT2D eigenvalue weighted by atomic mass is 16.5. The molecule has 0 aliphatic rings. The van der Waals surface area contributed by atoms with Crippen LogP contribution in [0.5, 0.6) is 0 Å². The molecule has 1 aromatic heterocycles. The lowest BCUT2D eigenvalue weighted by atomic mass is 10.2. The van der Waals surface area contributed by atoms with Gasteiger partial charge in [-0.2, -0.15) is 0 Å². The zero-order chi connectivity index (χ0) is 12.1.